The molecule has 2 heterocycles. The molecule has 0 unspecified atom stereocenters. The first kappa shape index (κ1) is 8.30. The minimum Gasteiger partial charge on any atom is -0.336 e. The van der Waals surface area contributed by atoms with Gasteiger partial charge in [0, 0.05) is 18.9 Å². The highest BCUT2D eigenvalue weighted by Gasteiger charge is 2.09. The molecule has 0 saturated heterocycles. The molecule has 0 bridgehead atoms. The predicted molar refractivity (Wildman–Crippen MR) is 54.8 cm³/mol. The van der Waals surface area contributed by atoms with E-state index < -0.39 is 0 Å². The monoisotopic (exact) mass is 174 g/mol. The van der Waals surface area contributed by atoms with Crippen LogP contribution in [0.1, 0.15) is 17.7 Å². The van der Waals surface area contributed by atoms with Crippen molar-refractivity contribution in [2.24, 2.45) is 0 Å². The molecule has 1 aliphatic heterocycles. The van der Waals surface area contributed by atoms with Gasteiger partial charge in [0.2, 0.25) is 0 Å². The third-order valence-corrected chi connectivity index (χ3v) is 2.34. The molecule has 2 rings (SSSR count). The molecule has 1 aromatic rings. The molecule has 0 radical (unpaired) electrons. The summed E-state index contributed by atoms with van der Waals surface area (Å²) >= 11 is 0. The second-order valence-corrected chi connectivity index (χ2v) is 3.47. The molecule has 0 fully saturated rings. The van der Waals surface area contributed by atoms with Crippen molar-refractivity contribution in [3.05, 3.63) is 35.7 Å². The smallest absolute Gasteiger partial charge is 0.135 e. The molecule has 1 aliphatic rings. The third-order valence-electron chi connectivity index (χ3n) is 2.34. The van der Waals surface area contributed by atoms with Gasteiger partial charge >= 0.3 is 0 Å². The number of fused-ring (bicyclic) bond motifs is 1. The van der Waals surface area contributed by atoms with E-state index in [1.165, 1.54) is 5.56 Å². The van der Waals surface area contributed by atoms with Crippen LogP contribution in [0.3, 0.4) is 0 Å². The van der Waals surface area contributed by atoms with Crippen molar-refractivity contribution in [2.75, 3.05) is 11.9 Å². The summed E-state index contributed by atoms with van der Waals surface area (Å²) in [4.78, 5) is 6.62. The Morgan fingerprint density at radius 3 is 3.08 bits per heavy atom. The van der Waals surface area contributed by atoms with Crippen molar-refractivity contribution < 1.29 is 0 Å². The van der Waals surface area contributed by atoms with Gasteiger partial charge in [0.05, 0.1) is 0 Å². The van der Waals surface area contributed by atoms with E-state index in [4.69, 9.17) is 0 Å². The highest BCUT2D eigenvalue weighted by atomic mass is 15.1. The van der Waals surface area contributed by atoms with E-state index in [9.17, 15) is 0 Å². The van der Waals surface area contributed by atoms with Crippen molar-refractivity contribution in [1.82, 2.24) is 4.98 Å². The minimum absolute atomic E-state index is 1.08. The second-order valence-electron chi connectivity index (χ2n) is 3.47. The predicted octanol–water partition coefficient (Wildman–Crippen LogP) is 2.29. The van der Waals surface area contributed by atoms with Gasteiger partial charge in [0.25, 0.3) is 0 Å². The molecule has 0 saturated carbocycles. The van der Waals surface area contributed by atoms with Gasteiger partial charge in [-0.25, -0.2) is 4.98 Å². The van der Waals surface area contributed by atoms with Crippen LogP contribution in [0.5, 0.6) is 0 Å². The van der Waals surface area contributed by atoms with E-state index in [0.717, 1.165) is 24.4 Å². The summed E-state index contributed by atoms with van der Waals surface area (Å²) in [6.45, 7) is 2.03. The first-order valence-corrected chi connectivity index (χ1v) is 4.63. The van der Waals surface area contributed by atoms with Crippen LogP contribution in [0.2, 0.25) is 0 Å². The molecular formula is C11H14N2. The van der Waals surface area contributed by atoms with Crippen molar-refractivity contribution in [3.8, 4) is 0 Å². The molecule has 2 nitrogen and oxygen atoms in total. The maximum absolute atomic E-state index is 4.53. The molecule has 68 valence electrons. The van der Waals surface area contributed by atoms with Gasteiger partial charge in [0.1, 0.15) is 5.82 Å². The summed E-state index contributed by atoms with van der Waals surface area (Å²) in [6, 6.07) is 4.26. The lowest BCUT2D eigenvalue weighted by atomic mass is 10.1. The number of hydrogen-bond acceptors (Lipinski definition) is 2. The molecule has 1 aromatic heterocycles. The van der Waals surface area contributed by atoms with Crippen LogP contribution in [0.25, 0.3) is 0 Å². The lowest BCUT2D eigenvalue weighted by Gasteiger charge is -2.15. The average Bonchev–Trinajstić information content (AvgIpc) is 2.29. The number of hydrogen-bond donors (Lipinski definition) is 0. The maximum Gasteiger partial charge on any atom is 0.135 e. The van der Waals surface area contributed by atoms with E-state index >= 15 is 0 Å². The van der Waals surface area contributed by atoms with E-state index in [1.807, 2.05) is 14.0 Å². The Bertz CT molecular complexity index is 342. The second kappa shape index (κ2) is 3.21. The SMILES string of the molecule is Cc1ccc2c(n1)N(C)C=CCC2. The van der Waals surface area contributed by atoms with Crippen LogP contribution in [-0.4, -0.2) is 12.0 Å². The zero-order chi connectivity index (χ0) is 9.26. The van der Waals surface area contributed by atoms with Gasteiger partial charge < -0.3 is 4.90 Å². The van der Waals surface area contributed by atoms with Gasteiger partial charge in [-0.2, -0.15) is 0 Å². The fourth-order valence-electron chi connectivity index (χ4n) is 1.61. The minimum atomic E-state index is 1.08. The Hall–Kier alpha value is -1.31. The van der Waals surface area contributed by atoms with E-state index in [0.29, 0.717) is 0 Å². The van der Waals surface area contributed by atoms with Crippen LogP contribution in [0, 0.1) is 6.92 Å². The Morgan fingerprint density at radius 2 is 2.23 bits per heavy atom. The van der Waals surface area contributed by atoms with Crippen LogP contribution in [0.15, 0.2) is 24.4 Å². The van der Waals surface area contributed by atoms with Crippen LogP contribution in [-0.2, 0) is 6.42 Å². The normalized spacial score (nSPS) is 15.4. The number of aromatic nitrogens is 1. The summed E-state index contributed by atoms with van der Waals surface area (Å²) in [5.41, 5.74) is 2.43. The molecule has 0 N–H and O–H groups in total. The van der Waals surface area contributed by atoms with Crippen molar-refractivity contribution >= 4 is 5.82 Å². The Labute approximate surface area is 78.9 Å². The third kappa shape index (κ3) is 1.57. The number of nitrogens with zero attached hydrogens (tertiary/aromatic N) is 2. The lowest BCUT2D eigenvalue weighted by Crippen LogP contribution is -2.11. The van der Waals surface area contributed by atoms with E-state index in [1.54, 1.807) is 0 Å². The van der Waals surface area contributed by atoms with Crippen molar-refractivity contribution in [3.63, 3.8) is 0 Å². The summed E-state index contributed by atoms with van der Waals surface area (Å²) in [5, 5.41) is 0. The highest BCUT2D eigenvalue weighted by molar-refractivity contribution is 5.50. The Morgan fingerprint density at radius 1 is 1.38 bits per heavy atom. The number of allylic oxidation sites excluding steroid dienone is 1. The Balaban J connectivity index is 2.49. The Kier molecular flexibility index (Phi) is 2.05. The lowest BCUT2D eigenvalue weighted by molar-refractivity contribution is 0.988. The first-order chi connectivity index (χ1) is 6.27. The molecular weight excluding hydrogens is 160 g/mol. The zero-order valence-corrected chi connectivity index (χ0v) is 8.12. The molecule has 0 aliphatic carbocycles. The zero-order valence-electron chi connectivity index (χ0n) is 8.12. The first-order valence-electron chi connectivity index (χ1n) is 4.63. The van der Waals surface area contributed by atoms with Crippen LogP contribution >= 0.6 is 0 Å². The molecule has 0 aromatic carbocycles. The summed E-state index contributed by atoms with van der Waals surface area (Å²) in [6.07, 6.45) is 6.50. The van der Waals surface area contributed by atoms with Gasteiger partial charge in [0.15, 0.2) is 0 Å². The molecule has 0 amide bonds. The highest BCUT2D eigenvalue weighted by Crippen LogP contribution is 2.21. The number of rotatable bonds is 0. The van der Waals surface area contributed by atoms with Gasteiger partial charge in [-0.15, -0.1) is 0 Å². The maximum atomic E-state index is 4.53. The molecule has 2 heteroatoms. The van der Waals surface area contributed by atoms with Crippen molar-refractivity contribution in [1.29, 1.82) is 0 Å². The average molecular weight is 174 g/mol. The van der Waals surface area contributed by atoms with E-state index in [-0.39, 0.29) is 0 Å². The number of aryl methyl sites for hydroxylation is 2. The van der Waals surface area contributed by atoms with Crippen molar-refractivity contribution in [2.45, 2.75) is 19.8 Å². The van der Waals surface area contributed by atoms with Gasteiger partial charge in [-0.1, -0.05) is 12.1 Å². The van der Waals surface area contributed by atoms with E-state index in [2.05, 4.69) is 34.3 Å². The van der Waals surface area contributed by atoms with Gasteiger partial charge in [-0.3, -0.25) is 0 Å². The summed E-state index contributed by atoms with van der Waals surface area (Å²) in [5.74, 6) is 1.11. The fourth-order valence-corrected chi connectivity index (χ4v) is 1.61. The largest absolute Gasteiger partial charge is 0.336 e. The molecule has 0 atom stereocenters. The van der Waals surface area contributed by atoms with Crippen LogP contribution < -0.4 is 4.90 Å². The summed E-state index contributed by atoms with van der Waals surface area (Å²) in [7, 11) is 2.05. The van der Waals surface area contributed by atoms with Crippen LogP contribution in [0.4, 0.5) is 5.82 Å². The topological polar surface area (TPSA) is 16.1 Å². The number of pyridine rings is 1. The number of anilines is 1. The van der Waals surface area contributed by atoms with Gasteiger partial charge in [-0.05, 0) is 31.4 Å². The molecule has 13 heavy (non-hydrogen) atoms. The quantitative estimate of drug-likeness (QED) is 0.600. The fraction of sp³-hybridized carbons (Fsp3) is 0.364. The molecule has 0 spiro atoms. The summed E-state index contributed by atoms with van der Waals surface area (Å²) < 4.78 is 0. The standard InChI is InChI=1S/C11H14N2/c1-9-6-7-10-5-3-4-8-13(2)11(10)12-9/h4,6-8H,3,5H2,1-2H3.